The van der Waals surface area contributed by atoms with Gasteiger partial charge in [-0.2, -0.15) is 13.7 Å². The molecule has 0 fully saturated rings. The summed E-state index contributed by atoms with van der Waals surface area (Å²) in [5, 5.41) is 12.3. The number of hydrogen-bond acceptors (Lipinski definition) is 4. The summed E-state index contributed by atoms with van der Waals surface area (Å²) in [6.07, 6.45) is -0.236. The number of rotatable bonds is 3. The van der Waals surface area contributed by atoms with Crippen LogP contribution in [-0.2, 0) is 14.9 Å². The lowest BCUT2D eigenvalue weighted by molar-refractivity contribution is -0.115. The Morgan fingerprint density at radius 3 is 2.50 bits per heavy atom. The van der Waals surface area contributed by atoms with Crippen LogP contribution in [0.15, 0.2) is 41.3 Å². The smallest absolute Gasteiger partial charge is 0.294 e. The maximum Gasteiger partial charge on any atom is 0.294 e. The quantitative estimate of drug-likeness (QED) is 0.840. The van der Waals surface area contributed by atoms with Crippen LogP contribution in [0.4, 0.5) is 5.69 Å². The molecule has 0 spiro atoms. The van der Waals surface area contributed by atoms with Gasteiger partial charge in [-0.25, -0.2) is 0 Å². The second kappa shape index (κ2) is 5.28. The van der Waals surface area contributed by atoms with Crippen molar-refractivity contribution in [3.63, 3.8) is 0 Å². The minimum absolute atomic E-state index is 0.189. The van der Waals surface area contributed by atoms with E-state index in [4.69, 9.17) is 9.81 Å². The molecule has 0 saturated carbocycles. The maximum atomic E-state index is 11.3. The van der Waals surface area contributed by atoms with E-state index in [1.165, 1.54) is 18.2 Å². The topological polar surface area (TPSA) is 107 Å². The van der Waals surface area contributed by atoms with Gasteiger partial charge in [0, 0.05) is 5.69 Å². The molecule has 2 rings (SSSR count). The molecule has 2 aromatic rings. The standard InChI is InChI=1S/C13H10N2O4S/c14-6-5-13(16)15-11-3-1-10-8-12(20(17,18)19)4-2-9(10)7-11/h1-4,7-8H,5H2,(H,15,16)(H,17,18,19). The average molecular weight is 290 g/mol. The van der Waals surface area contributed by atoms with Gasteiger partial charge in [0.1, 0.15) is 6.42 Å². The number of carbonyl (C=O) groups is 1. The molecule has 0 saturated heterocycles. The van der Waals surface area contributed by atoms with E-state index in [0.29, 0.717) is 16.5 Å². The van der Waals surface area contributed by atoms with E-state index in [1.807, 2.05) is 0 Å². The highest BCUT2D eigenvalue weighted by Gasteiger charge is 2.10. The van der Waals surface area contributed by atoms with Crippen molar-refractivity contribution < 1.29 is 17.8 Å². The first-order chi connectivity index (χ1) is 9.40. The molecule has 102 valence electrons. The molecule has 0 bridgehead atoms. The van der Waals surface area contributed by atoms with E-state index in [1.54, 1.807) is 24.3 Å². The van der Waals surface area contributed by atoms with Gasteiger partial charge in [0.25, 0.3) is 10.1 Å². The second-order valence-corrected chi connectivity index (χ2v) is 5.50. The summed E-state index contributed by atoms with van der Waals surface area (Å²) in [5.41, 5.74) is 0.511. The Bertz CT molecular complexity index is 822. The van der Waals surface area contributed by atoms with Crippen LogP contribution in [0.2, 0.25) is 0 Å². The van der Waals surface area contributed by atoms with Gasteiger partial charge < -0.3 is 5.32 Å². The molecule has 0 unspecified atom stereocenters. The van der Waals surface area contributed by atoms with Crippen LogP contribution < -0.4 is 5.32 Å². The van der Waals surface area contributed by atoms with E-state index in [0.717, 1.165) is 0 Å². The van der Waals surface area contributed by atoms with Crippen LogP contribution in [0, 0.1) is 11.3 Å². The summed E-state index contributed by atoms with van der Waals surface area (Å²) in [5.74, 6) is -0.415. The molecular weight excluding hydrogens is 280 g/mol. The highest BCUT2D eigenvalue weighted by atomic mass is 32.2. The molecular formula is C13H10N2O4S. The zero-order valence-electron chi connectivity index (χ0n) is 10.2. The molecule has 0 aliphatic carbocycles. The normalized spacial score (nSPS) is 11.0. The Morgan fingerprint density at radius 2 is 1.85 bits per heavy atom. The Labute approximate surface area is 115 Å². The van der Waals surface area contributed by atoms with Gasteiger partial charge in [0.2, 0.25) is 5.91 Å². The molecule has 0 aromatic heterocycles. The molecule has 0 aliphatic heterocycles. The van der Waals surface area contributed by atoms with Crippen LogP contribution in [0.3, 0.4) is 0 Å². The monoisotopic (exact) mass is 290 g/mol. The maximum absolute atomic E-state index is 11.3. The van der Waals surface area contributed by atoms with E-state index < -0.39 is 16.0 Å². The lowest BCUT2D eigenvalue weighted by Crippen LogP contribution is -2.09. The largest absolute Gasteiger partial charge is 0.325 e. The van der Waals surface area contributed by atoms with Crippen molar-refractivity contribution >= 4 is 32.5 Å². The second-order valence-electron chi connectivity index (χ2n) is 4.08. The van der Waals surface area contributed by atoms with Gasteiger partial charge >= 0.3 is 0 Å². The summed E-state index contributed by atoms with van der Waals surface area (Å²) >= 11 is 0. The molecule has 0 aliphatic rings. The predicted octanol–water partition coefficient (Wildman–Crippen LogP) is 1.94. The van der Waals surface area contributed by atoms with Gasteiger partial charge in [-0.15, -0.1) is 0 Å². The number of fused-ring (bicyclic) bond motifs is 1. The molecule has 2 aromatic carbocycles. The predicted molar refractivity (Wildman–Crippen MR) is 72.6 cm³/mol. The lowest BCUT2D eigenvalue weighted by Gasteiger charge is -2.06. The Hall–Kier alpha value is -2.43. The number of benzene rings is 2. The fraction of sp³-hybridized carbons (Fsp3) is 0.0769. The lowest BCUT2D eigenvalue weighted by atomic mass is 10.1. The Balaban J connectivity index is 2.37. The average Bonchev–Trinajstić information content (AvgIpc) is 2.37. The minimum atomic E-state index is -4.24. The molecule has 20 heavy (non-hydrogen) atoms. The number of nitrogens with one attached hydrogen (secondary N) is 1. The molecule has 0 radical (unpaired) electrons. The van der Waals surface area contributed by atoms with Crippen molar-refractivity contribution in [1.29, 1.82) is 5.26 Å². The third-order valence-corrected chi connectivity index (χ3v) is 3.48. The number of carbonyl (C=O) groups excluding carboxylic acids is 1. The van der Waals surface area contributed by atoms with Crippen molar-refractivity contribution in [1.82, 2.24) is 0 Å². The zero-order chi connectivity index (χ0) is 14.8. The van der Waals surface area contributed by atoms with Crippen molar-refractivity contribution in [2.45, 2.75) is 11.3 Å². The number of hydrogen-bond donors (Lipinski definition) is 2. The summed E-state index contributed by atoms with van der Waals surface area (Å²) in [6, 6.07) is 10.7. The van der Waals surface area contributed by atoms with E-state index >= 15 is 0 Å². The van der Waals surface area contributed by atoms with E-state index in [2.05, 4.69) is 5.32 Å². The summed E-state index contributed by atoms with van der Waals surface area (Å²) in [4.78, 5) is 11.1. The van der Waals surface area contributed by atoms with Crippen LogP contribution in [0.1, 0.15) is 6.42 Å². The fourth-order valence-corrected chi connectivity index (χ4v) is 2.25. The third-order valence-electron chi connectivity index (χ3n) is 2.63. The molecule has 6 nitrogen and oxygen atoms in total. The van der Waals surface area contributed by atoms with E-state index in [-0.39, 0.29) is 11.3 Å². The van der Waals surface area contributed by atoms with Crippen molar-refractivity contribution in [2.24, 2.45) is 0 Å². The van der Waals surface area contributed by atoms with Gasteiger partial charge in [-0.3, -0.25) is 9.35 Å². The van der Waals surface area contributed by atoms with Gasteiger partial charge in [-0.1, -0.05) is 12.1 Å². The number of anilines is 1. The molecule has 2 N–H and O–H groups in total. The van der Waals surface area contributed by atoms with Gasteiger partial charge in [0.15, 0.2) is 0 Å². The van der Waals surface area contributed by atoms with Crippen molar-refractivity contribution in [3.05, 3.63) is 36.4 Å². The van der Waals surface area contributed by atoms with Crippen LogP contribution in [0.25, 0.3) is 10.8 Å². The highest BCUT2D eigenvalue weighted by molar-refractivity contribution is 7.85. The highest BCUT2D eigenvalue weighted by Crippen LogP contribution is 2.22. The summed E-state index contributed by atoms with van der Waals surface area (Å²) in [7, 11) is -4.24. The molecule has 1 amide bonds. The summed E-state index contributed by atoms with van der Waals surface area (Å²) in [6.45, 7) is 0. The van der Waals surface area contributed by atoms with Crippen molar-refractivity contribution in [3.8, 4) is 6.07 Å². The van der Waals surface area contributed by atoms with E-state index in [9.17, 15) is 13.2 Å². The van der Waals surface area contributed by atoms with Crippen LogP contribution in [-0.4, -0.2) is 18.9 Å². The van der Waals surface area contributed by atoms with Crippen LogP contribution >= 0.6 is 0 Å². The number of nitriles is 1. The molecule has 0 heterocycles. The van der Waals surface area contributed by atoms with Gasteiger partial charge in [0.05, 0.1) is 11.0 Å². The first kappa shape index (κ1) is 14.0. The minimum Gasteiger partial charge on any atom is -0.325 e. The SMILES string of the molecule is N#CCC(=O)Nc1ccc2cc(S(=O)(=O)O)ccc2c1. The first-order valence-electron chi connectivity index (χ1n) is 5.58. The Kier molecular flexibility index (Phi) is 3.70. The van der Waals surface area contributed by atoms with Gasteiger partial charge in [-0.05, 0) is 35.0 Å². The van der Waals surface area contributed by atoms with Crippen molar-refractivity contribution in [2.75, 3.05) is 5.32 Å². The first-order valence-corrected chi connectivity index (χ1v) is 7.02. The third kappa shape index (κ3) is 3.12. The zero-order valence-corrected chi connectivity index (χ0v) is 11.0. The molecule has 7 heteroatoms. The van der Waals surface area contributed by atoms with Crippen LogP contribution in [0.5, 0.6) is 0 Å². The fourth-order valence-electron chi connectivity index (χ4n) is 1.74. The molecule has 0 atom stereocenters. The number of nitrogens with zero attached hydrogens (tertiary/aromatic N) is 1. The Morgan fingerprint density at radius 1 is 1.20 bits per heavy atom. The number of amides is 1. The summed E-state index contributed by atoms with van der Waals surface area (Å²) < 4.78 is 31.0.